The first kappa shape index (κ1) is 14.9. The lowest BCUT2D eigenvalue weighted by Gasteiger charge is -2.42. The molecule has 1 unspecified atom stereocenters. The molecular weight excluding hydrogens is 264 g/mol. The van der Waals surface area contributed by atoms with E-state index in [4.69, 9.17) is 4.74 Å². The van der Waals surface area contributed by atoms with Gasteiger partial charge in [-0.3, -0.25) is 4.68 Å². The molecule has 3 rings (SSSR count). The summed E-state index contributed by atoms with van der Waals surface area (Å²) >= 11 is 0. The molecule has 5 heteroatoms. The maximum Gasteiger partial charge on any atom is 0.126 e. The molecule has 2 fully saturated rings. The Hall–Kier alpha value is -1.07. The van der Waals surface area contributed by atoms with E-state index in [2.05, 4.69) is 35.2 Å². The zero-order valence-electron chi connectivity index (χ0n) is 13.5. The van der Waals surface area contributed by atoms with Gasteiger partial charge in [-0.15, -0.1) is 0 Å². The number of hydrogen-bond acceptors (Lipinski definition) is 4. The first-order chi connectivity index (χ1) is 10.1. The third-order valence-electron chi connectivity index (χ3n) is 4.57. The minimum absolute atomic E-state index is 0.353. The molecule has 0 radical (unpaired) electrons. The summed E-state index contributed by atoms with van der Waals surface area (Å²) in [6.45, 7) is 6.47. The van der Waals surface area contributed by atoms with Gasteiger partial charge in [-0.25, -0.2) is 0 Å². The van der Waals surface area contributed by atoms with Crippen LogP contribution in [0.2, 0.25) is 0 Å². The molecule has 2 heterocycles. The Kier molecular flexibility index (Phi) is 4.50. The van der Waals surface area contributed by atoms with Crippen molar-refractivity contribution >= 4 is 5.82 Å². The van der Waals surface area contributed by atoms with E-state index in [-0.39, 0.29) is 0 Å². The van der Waals surface area contributed by atoms with E-state index in [1.807, 2.05) is 17.9 Å². The number of rotatable bonds is 5. The van der Waals surface area contributed by atoms with E-state index in [1.165, 1.54) is 31.5 Å². The van der Waals surface area contributed by atoms with Gasteiger partial charge < -0.3 is 15.0 Å². The highest BCUT2D eigenvalue weighted by atomic mass is 16.5. The smallest absolute Gasteiger partial charge is 0.126 e. The Morgan fingerprint density at radius 1 is 1.33 bits per heavy atom. The van der Waals surface area contributed by atoms with Crippen molar-refractivity contribution in [2.75, 3.05) is 18.0 Å². The van der Waals surface area contributed by atoms with E-state index in [0.717, 1.165) is 13.1 Å². The molecule has 0 aromatic carbocycles. The molecule has 0 bridgehead atoms. The Morgan fingerprint density at radius 2 is 2.14 bits per heavy atom. The SMILES string of the molecule is CC(C)OC1CC(NC2CCCN(c3ccnn3C)C2)C1. The third-order valence-corrected chi connectivity index (χ3v) is 4.57. The number of nitrogens with one attached hydrogen (secondary N) is 1. The highest BCUT2D eigenvalue weighted by Crippen LogP contribution is 2.26. The summed E-state index contributed by atoms with van der Waals surface area (Å²) in [7, 11) is 2.02. The predicted octanol–water partition coefficient (Wildman–Crippen LogP) is 1.93. The van der Waals surface area contributed by atoms with Crippen molar-refractivity contribution in [3.05, 3.63) is 12.3 Å². The van der Waals surface area contributed by atoms with Crippen LogP contribution < -0.4 is 10.2 Å². The average Bonchev–Trinajstić information content (AvgIpc) is 2.82. The van der Waals surface area contributed by atoms with Crippen molar-refractivity contribution < 1.29 is 4.74 Å². The van der Waals surface area contributed by atoms with Crippen LogP contribution >= 0.6 is 0 Å². The molecule has 0 spiro atoms. The van der Waals surface area contributed by atoms with E-state index >= 15 is 0 Å². The van der Waals surface area contributed by atoms with Crippen LogP contribution in [0.15, 0.2) is 12.3 Å². The largest absolute Gasteiger partial charge is 0.375 e. The quantitative estimate of drug-likeness (QED) is 0.900. The van der Waals surface area contributed by atoms with Crippen molar-refractivity contribution in [1.29, 1.82) is 0 Å². The molecule has 1 saturated carbocycles. The number of aryl methyl sites for hydroxylation is 1. The minimum atomic E-state index is 0.353. The number of hydrogen-bond donors (Lipinski definition) is 1. The van der Waals surface area contributed by atoms with Crippen molar-refractivity contribution in [3.63, 3.8) is 0 Å². The topological polar surface area (TPSA) is 42.3 Å². The van der Waals surface area contributed by atoms with Gasteiger partial charge in [0.05, 0.1) is 18.4 Å². The van der Waals surface area contributed by atoms with Gasteiger partial charge in [0.15, 0.2) is 0 Å². The lowest BCUT2D eigenvalue weighted by atomic mass is 9.87. The van der Waals surface area contributed by atoms with Gasteiger partial charge in [-0.2, -0.15) is 5.10 Å². The highest BCUT2D eigenvalue weighted by molar-refractivity contribution is 5.38. The second kappa shape index (κ2) is 6.36. The summed E-state index contributed by atoms with van der Waals surface area (Å²) in [6.07, 6.45) is 7.57. The van der Waals surface area contributed by atoms with Crippen LogP contribution in [0.4, 0.5) is 5.82 Å². The molecule has 21 heavy (non-hydrogen) atoms. The molecule has 1 aromatic rings. The van der Waals surface area contributed by atoms with Crippen molar-refractivity contribution in [2.45, 2.75) is 63.8 Å². The lowest BCUT2D eigenvalue weighted by molar-refractivity contribution is -0.0516. The van der Waals surface area contributed by atoms with Crippen molar-refractivity contribution in [1.82, 2.24) is 15.1 Å². The molecule has 1 atom stereocenters. The number of ether oxygens (including phenoxy) is 1. The fourth-order valence-electron chi connectivity index (χ4n) is 3.53. The summed E-state index contributed by atoms with van der Waals surface area (Å²) < 4.78 is 7.81. The van der Waals surface area contributed by atoms with Gasteiger partial charge in [0, 0.05) is 38.3 Å². The van der Waals surface area contributed by atoms with Crippen LogP contribution in [0.1, 0.15) is 39.5 Å². The molecule has 1 aromatic heterocycles. The first-order valence-corrected chi connectivity index (χ1v) is 8.26. The van der Waals surface area contributed by atoms with E-state index < -0.39 is 0 Å². The van der Waals surface area contributed by atoms with E-state index in [0.29, 0.717) is 24.3 Å². The van der Waals surface area contributed by atoms with Gasteiger partial charge in [-0.05, 0) is 39.5 Å². The second-order valence-electron chi connectivity index (χ2n) is 6.74. The maximum absolute atomic E-state index is 5.84. The average molecular weight is 292 g/mol. The van der Waals surface area contributed by atoms with Crippen LogP contribution in [0, 0.1) is 0 Å². The molecule has 2 aliphatic rings. The number of piperidine rings is 1. The molecular formula is C16H28N4O. The number of anilines is 1. The molecule has 1 aliphatic heterocycles. The Balaban J connectivity index is 1.46. The molecule has 0 amide bonds. The Morgan fingerprint density at radius 3 is 2.81 bits per heavy atom. The molecule has 118 valence electrons. The summed E-state index contributed by atoms with van der Waals surface area (Å²) in [5.74, 6) is 1.23. The summed E-state index contributed by atoms with van der Waals surface area (Å²) in [5, 5.41) is 8.10. The molecule has 1 aliphatic carbocycles. The van der Waals surface area contributed by atoms with E-state index in [1.54, 1.807) is 0 Å². The number of aromatic nitrogens is 2. The van der Waals surface area contributed by atoms with Crippen LogP contribution in [0.25, 0.3) is 0 Å². The van der Waals surface area contributed by atoms with Gasteiger partial charge in [0.25, 0.3) is 0 Å². The standard InChI is InChI=1S/C16H28N4O/c1-12(2)21-15-9-14(10-15)18-13-5-4-8-20(11-13)16-6-7-17-19(16)3/h6-7,12-15,18H,4-5,8-11H2,1-3H3. The fourth-order valence-corrected chi connectivity index (χ4v) is 3.53. The molecule has 1 saturated heterocycles. The third kappa shape index (κ3) is 3.58. The van der Waals surface area contributed by atoms with Crippen LogP contribution in [-0.2, 0) is 11.8 Å². The monoisotopic (exact) mass is 292 g/mol. The molecule has 1 N–H and O–H groups in total. The minimum Gasteiger partial charge on any atom is -0.375 e. The normalized spacial score (nSPS) is 29.7. The maximum atomic E-state index is 5.84. The molecule has 5 nitrogen and oxygen atoms in total. The zero-order chi connectivity index (χ0) is 14.8. The van der Waals surface area contributed by atoms with Crippen LogP contribution in [0.3, 0.4) is 0 Å². The predicted molar refractivity (Wildman–Crippen MR) is 84.6 cm³/mol. The van der Waals surface area contributed by atoms with Crippen LogP contribution in [0.5, 0.6) is 0 Å². The second-order valence-corrected chi connectivity index (χ2v) is 6.74. The number of nitrogens with zero attached hydrogens (tertiary/aromatic N) is 3. The van der Waals surface area contributed by atoms with Crippen molar-refractivity contribution in [2.24, 2.45) is 7.05 Å². The highest BCUT2D eigenvalue weighted by Gasteiger charge is 2.33. The van der Waals surface area contributed by atoms with E-state index in [9.17, 15) is 0 Å². The van der Waals surface area contributed by atoms with Gasteiger partial charge in [0.1, 0.15) is 5.82 Å². The van der Waals surface area contributed by atoms with Crippen molar-refractivity contribution in [3.8, 4) is 0 Å². The van der Waals surface area contributed by atoms with Gasteiger partial charge in [0.2, 0.25) is 0 Å². The van der Waals surface area contributed by atoms with Gasteiger partial charge >= 0.3 is 0 Å². The Bertz CT molecular complexity index is 453. The fraction of sp³-hybridized carbons (Fsp3) is 0.812. The summed E-state index contributed by atoms with van der Waals surface area (Å²) in [6, 6.07) is 3.35. The lowest BCUT2D eigenvalue weighted by Crippen LogP contribution is -2.54. The first-order valence-electron chi connectivity index (χ1n) is 8.26. The summed E-state index contributed by atoms with van der Waals surface area (Å²) in [4.78, 5) is 2.45. The van der Waals surface area contributed by atoms with Crippen LogP contribution in [-0.4, -0.2) is 47.2 Å². The van der Waals surface area contributed by atoms with Gasteiger partial charge in [-0.1, -0.05) is 0 Å². The summed E-state index contributed by atoms with van der Waals surface area (Å²) in [5.41, 5.74) is 0. The zero-order valence-corrected chi connectivity index (χ0v) is 13.5. The Labute approximate surface area is 127 Å².